The predicted octanol–water partition coefficient (Wildman–Crippen LogP) is 2.65. The Labute approximate surface area is 109 Å². The highest BCUT2D eigenvalue weighted by Crippen LogP contribution is 2.44. The molecule has 2 nitrogen and oxygen atoms in total. The van der Waals surface area contributed by atoms with E-state index in [1.807, 2.05) is 61.5 Å². The maximum atomic E-state index is 12.7. The van der Waals surface area contributed by atoms with E-state index in [-0.39, 0.29) is 5.78 Å². The smallest absolute Gasteiger partial charge is 0.236 e. The van der Waals surface area contributed by atoms with Gasteiger partial charge in [-0.25, -0.2) is 0 Å². The van der Waals surface area contributed by atoms with Crippen LogP contribution in [0, 0.1) is 0 Å². The average molecular weight is 256 g/mol. The molecule has 0 bridgehead atoms. The zero-order chi connectivity index (χ0) is 12.8. The van der Waals surface area contributed by atoms with Gasteiger partial charge in [0.2, 0.25) is 10.5 Å². The minimum atomic E-state index is -0.620. The Morgan fingerprint density at radius 3 is 2.28 bits per heavy atom. The van der Waals surface area contributed by atoms with Gasteiger partial charge in [-0.05, 0) is 12.1 Å². The minimum Gasteiger partial charge on any atom is -0.287 e. The third-order valence-corrected chi connectivity index (χ3v) is 5.70. The summed E-state index contributed by atoms with van der Waals surface area (Å²) in [6.07, 6.45) is 0. The zero-order valence-electron chi connectivity index (χ0n) is 10.1. The van der Waals surface area contributed by atoms with Crippen LogP contribution in [0.5, 0.6) is 0 Å². The van der Waals surface area contributed by atoms with Gasteiger partial charge in [0.05, 0.1) is 5.56 Å². The van der Waals surface area contributed by atoms with Crippen LogP contribution in [0.25, 0.3) is 0 Å². The maximum absolute atomic E-state index is 12.7. The molecule has 3 heteroatoms. The van der Waals surface area contributed by atoms with Crippen molar-refractivity contribution >= 4 is 16.9 Å². The first-order chi connectivity index (χ1) is 8.65. The molecular formula is C15H14NOS+. The Kier molecular flexibility index (Phi) is 2.54. The second kappa shape index (κ2) is 3.97. The van der Waals surface area contributed by atoms with Gasteiger partial charge in [0, 0.05) is 12.5 Å². The number of Topliss-reactive ketones (excluding diaryl/α,β-unsaturated/α-hetero) is 1. The largest absolute Gasteiger partial charge is 0.287 e. The molecule has 0 amide bonds. The molecule has 0 spiro atoms. The Balaban J connectivity index is 2.20. The molecule has 18 heavy (non-hydrogen) atoms. The third kappa shape index (κ3) is 1.38. The van der Waals surface area contributed by atoms with Crippen LogP contribution in [0.15, 0.2) is 59.5 Å². The van der Waals surface area contributed by atoms with E-state index in [1.165, 1.54) is 0 Å². The van der Waals surface area contributed by atoms with Crippen molar-refractivity contribution < 1.29 is 4.79 Å². The van der Waals surface area contributed by atoms with E-state index in [4.69, 9.17) is 5.14 Å². The van der Waals surface area contributed by atoms with Crippen LogP contribution < -0.4 is 5.14 Å². The normalized spacial score (nSPS) is 26.1. The molecule has 0 saturated carbocycles. The highest BCUT2D eigenvalue weighted by atomic mass is 32.2. The summed E-state index contributed by atoms with van der Waals surface area (Å²) in [5, 5.41) is 6.35. The first kappa shape index (κ1) is 11.5. The molecule has 0 fully saturated rings. The van der Waals surface area contributed by atoms with Gasteiger partial charge in [-0.3, -0.25) is 4.79 Å². The lowest BCUT2D eigenvalue weighted by molar-refractivity contribution is 0.0952. The van der Waals surface area contributed by atoms with Crippen LogP contribution >= 0.6 is 0 Å². The highest BCUT2D eigenvalue weighted by molar-refractivity contribution is 7.97. The van der Waals surface area contributed by atoms with Crippen LogP contribution in [0.3, 0.4) is 0 Å². The van der Waals surface area contributed by atoms with Crippen molar-refractivity contribution in [1.82, 2.24) is 0 Å². The maximum Gasteiger partial charge on any atom is 0.236 e. The lowest BCUT2D eigenvalue weighted by atomic mass is 9.92. The predicted molar refractivity (Wildman–Crippen MR) is 74.4 cm³/mol. The van der Waals surface area contributed by atoms with E-state index in [2.05, 4.69) is 0 Å². The quantitative estimate of drug-likeness (QED) is 0.797. The molecular weight excluding hydrogens is 242 g/mol. The lowest BCUT2D eigenvalue weighted by Gasteiger charge is -2.18. The van der Waals surface area contributed by atoms with Crippen molar-refractivity contribution in [1.29, 1.82) is 0 Å². The van der Waals surface area contributed by atoms with Crippen LogP contribution in [-0.4, -0.2) is 5.78 Å². The second-order valence-electron chi connectivity index (χ2n) is 4.56. The Hall–Kier alpha value is -1.58. The van der Waals surface area contributed by atoms with E-state index in [0.717, 1.165) is 16.0 Å². The second-order valence-corrected chi connectivity index (χ2v) is 6.49. The molecule has 1 aliphatic heterocycles. The fourth-order valence-electron chi connectivity index (χ4n) is 2.44. The summed E-state index contributed by atoms with van der Waals surface area (Å²) in [4.78, 5) is 13.6. The van der Waals surface area contributed by atoms with Gasteiger partial charge in [0.1, 0.15) is 11.1 Å². The number of carbonyl (C=O) groups is 1. The fourth-order valence-corrected chi connectivity index (χ4v) is 4.20. The van der Waals surface area contributed by atoms with E-state index >= 15 is 0 Å². The van der Waals surface area contributed by atoms with Crippen LogP contribution in [0.2, 0.25) is 0 Å². The molecule has 90 valence electrons. The number of hydrogen-bond donors (Lipinski definition) is 1. The summed E-state index contributed by atoms with van der Waals surface area (Å²) in [6, 6.07) is 17.5. The average Bonchev–Trinajstić information content (AvgIpc) is 2.64. The first-order valence-electron chi connectivity index (χ1n) is 5.84. The van der Waals surface area contributed by atoms with Crippen molar-refractivity contribution in [3.63, 3.8) is 0 Å². The lowest BCUT2D eigenvalue weighted by Crippen LogP contribution is -2.39. The molecule has 0 radical (unpaired) electrons. The van der Waals surface area contributed by atoms with Crippen LogP contribution in [0.4, 0.5) is 0 Å². The molecule has 2 aromatic rings. The minimum absolute atomic E-state index is 0.134. The Bertz CT molecular complexity index is 611. The number of ketones is 1. The van der Waals surface area contributed by atoms with Crippen molar-refractivity contribution in [3.8, 4) is 0 Å². The Morgan fingerprint density at radius 2 is 1.61 bits per heavy atom. The van der Waals surface area contributed by atoms with Crippen LogP contribution in [0.1, 0.15) is 22.8 Å². The summed E-state index contributed by atoms with van der Waals surface area (Å²) in [6.45, 7) is 1.95. The number of hydrogen-bond acceptors (Lipinski definition) is 2. The summed E-state index contributed by atoms with van der Waals surface area (Å²) < 4.78 is -0.620. The molecule has 0 saturated heterocycles. The van der Waals surface area contributed by atoms with E-state index in [1.54, 1.807) is 0 Å². The topological polar surface area (TPSA) is 43.1 Å². The summed E-state index contributed by atoms with van der Waals surface area (Å²) in [7, 11) is 0. The molecule has 0 aromatic heterocycles. The van der Waals surface area contributed by atoms with Gasteiger partial charge in [0.15, 0.2) is 4.90 Å². The standard InChI is InChI=1S/C15H14NOS/c1-15(11-7-3-2-4-8-11)14(17)12-9-5-6-10-13(12)18(15)16/h2-10H,16H2,1H3/q+1. The van der Waals surface area contributed by atoms with Gasteiger partial charge in [-0.1, -0.05) is 42.5 Å². The summed E-state index contributed by atoms with van der Waals surface area (Å²) >= 11 is -0.582. The van der Waals surface area contributed by atoms with E-state index < -0.39 is 15.8 Å². The first-order valence-corrected chi connectivity index (χ1v) is 7.12. The molecule has 1 aliphatic rings. The molecule has 2 aromatic carbocycles. The molecule has 2 unspecified atom stereocenters. The zero-order valence-corrected chi connectivity index (χ0v) is 10.9. The Morgan fingerprint density at radius 1 is 1.00 bits per heavy atom. The van der Waals surface area contributed by atoms with Gasteiger partial charge in [0.25, 0.3) is 0 Å². The number of rotatable bonds is 1. The molecule has 2 atom stereocenters. The van der Waals surface area contributed by atoms with Crippen molar-refractivity contribution in [2.24, 2.45) is 5.14 Å². The van der Waals surface area contributed by atoms with Gasteiger partial charge < -0.3 is 0 Å². The van der Waals surface area contributed by atoms with Crippen molar-refractivity contribution in [3.05, 3.63) is 65.7 Å². The molecule has 2 N–H and O–H groups in total. The fraction of sp³-hybridized carbons (Fsp3) is 0.133. The molecule has 3 rings (SSSR count). The number of benzene rings is 2. The van der Waals surface area contributed by atoms with Crippen molar-refractivity contribution in [2.45, 2.75) is 16.6 Å². The number of carbonyl (C=O) groups excluding carboxylic acids is 1. The third-order valence-electron chi connectivity index (χ3n) is 3.57. The van der Waals surface area contributed by atoms with Crippen LogP contribution in [-0.2, 0) is 15.8 Å². The van der Waals surface area contributed by atoms with Gasteiger partial charge in [-0.2, -0.15) is 0 Å². The van der Waals surface area contributed by atoms with Gasteiger partial charge >= 0.3 is 0 Å². The van der Waals surface area contributed by atoms with Crippen molar-refractivity contribution in [2.75, 3.05) is 0 Å². The number of nitrogens with two attached hydrogens (primary N) is 1. The molecule has 1 heterocycles. The van der Waals surface area contributed by atoms with E-state index in [0.29, 0.717) is 0 Å². The highest BCUT2D eigenvalue weighted by Gasteiger charge is 2.59. The summed E-state index contributed by atoms with van der Waals surface area (Å²) in [5.74, 6) is 0.134. The van der Waals surface area contributed by atoms with Gasteiger partial charge in [-0.15, -0.1) is 5.14 Å². The summed E-state index contributed by atoms with van der Waals surface area (Å²) in [5.41, 5.74) is 1.77. The monoisotopic (exact) mass is 256 g/mol. The van der Waals surface area contributed by atoms with E-state index in [9.17, 15) is 4.79 Å². The SMILES string of the molecule is CC1(c2ccccc2)C(=O)c2ccccc2[S+]1N. The molecule has 0 aliphatic carbocycles. The number of fused-ring (bicyclic) bond motifs is 1.